The van der Waals surface area contributed by atoms with E-state index in [1.165, 1.54) is 29.8 Å². The third kappa shape index (κ3) is 3.53. The summed E-state index contributed by atoms with van der Waals surface area (Å²) in [5.41, 5.74) is 6.13. The van der Waals surface area contributed by atoms with Gasteiger partial charge in [0.2, 0.25) is 11.9 Å². The summed E-state index contributed by atoms with van der Waals surface area (Å²) in [6, 6.07) is 5.93. The number of anilines is 3. The molecule has 1 atom stereocenters. The lowest BCUT2D eigenvalue weighted by atomic mass is 10.2. The Balaban J connectivity index is 1.30. The van der Waals surface area contributed by atoms with Gasteiger partial charge in [-0.05, 0) is 36.4 Å². The fourth-order valence-corrected chi connectivity index (χ4v) is 4.88. The van der Waals surface area contributed by atoms with E-state index >= 15 is 0 Å². The van der Waals surface area contributed by atoms with Gasteiger partial charge in [0.1, 0.15) is 28.8 Å². The van der Waals surface area contributed by atoms with E-state index in [0.717, 1.165) is 16.6 Å². The second-order valence-corrected chi connectivity index (χ2v) is 8.75. The lowest BCUT2D eigenvalue weighted by Crippen LogP contribution is -2.41. The van der Waals surface area contributed by atoms with Crippen LogP contribution >= 0.6 is 11.3 Å². The molecule has 3 N–H and O–H groups in total. The van der Waals surface area contributed by atoms with Crippen molar-refractivity contribution in [3.8, 4) is 17.2 Å². The largest absolute Gasteiger partial charge is 0.586 e. The van der Waals surface area contributed by atoms with Gasteiger partial charge in [0, 0.05) is 12.6 Å². The number of amides is 1. The van der Waals surface area contributed by atoms with Crippen LogP contribution in [-0.2, 0) is 4.79 Å². The van der Waals surface area contributed by atoms with Crippen molar-refractivity contribution >= 4 is 45.0 Å². The molecular weight excluding hydrogens is 468 g/mol. The number of halogens is 2. The Morgan fingerprint density at radius 1 is 1.24 bits per heavy atom. The maximum atomic E-state index is 13.3. The molecule has 1 fully saturated rings. The Kier molecular flexibility index (Phi) is 4.55. The van der Waals surface area contributed by atoms with Crippen LogP contribution in [0.15, 0.2) is 42.2 Å². The first-order valence-electron chi connectivity index (χ1n) is 10.4. The van der Waals surface area contributed by atoms with E-state index in [-0.39, 0.29) is 11.5 Å². The number of fused-ring (bicyclic) bond motifs is 2. The molecule has 4 aromatic rings. The fraction of sp³-hybridized carbons (Fsp3) is 0.238. The maximum absolute atomic E-state index is 13.3. The first kappa shape index (κ1) is 20.6. The molecular formula is C21H17F2N7O3S. The zero-order valence-electron chi connectivity index (χ0n) is 17.4. The van der Waals surface area contributed by atoms with Crippen LogP contribution in [0.4, 0.5) is 26.4 Å². The number of nitrogens with zero attached hydrogens (tertiary/aromatic N) is 5. The van der Waals surface area contributed by atoms with Crippen LogP contribution in [0.3, 0.4) is 0 Å². The summed E-state index contributed by atoms with van der Waals surface area (Å²) in [7, 11) is 0. The van der Waals surface area contributed by atoms with Gasteiger partial charge in [0.25, 0.3) is 0 Å². The van der Waals surface area contributed by atoms with E-state index in [9.17, 15) is 13.6 Å². The van der Waals surface area contributed by atoms with Gasteiger partial charge in [-0.2, -0.15) is 4.98 Å². The molecule has 2 aliphatic rings. The van der Waals surface area contributed by atoms with E-state index in [2.05, 4.69) is 29.7 Å². The predicted octanol–water partition coefficient (Wildman–Crippen LogP) is 3.40. The minimum Gasteiger partial charge on any atom is -0.395 e. The minimum absolute atomic E-state index is 0.0308. The van der Waals surface area contributed by atoms with Crippen molar-refractivity contribution in [2.75, 3.05) is 16.8 Å². The normalized spacial score (nSPS) is 18.5. The Bertz CT molecular complexity index is 1420. The van der Waals surface area contributed by atoms with Crippen molar-refractivity contribution < 1.29 is 23.0 Å². The topological polar surface area (TPSA) is 120 Å². The number of primary amides is 1. The molecule has 0 radical (unpaired) electrons. The minimum atomic E-state index is -3.68. The molecule has 2 aliphatic heterocycles. The number of benzene rings is 1. The highest BCUT2D eigenvalue weighted by Gasteiger charge is 2.43. The molecule has 0 bridgehead atoms. The Morgan fingerprint density at radius 2 is 2.09 bits per heavy atom. The summed E-state index contributed by atoms with van der Waals surface area (Å²) in [4.78, 5) is 28.1. The zero-order valence-corrected chi connectivity index (χ0v) is 18.3. The molecule has 10 nitrogen and oxygen atoms in total. The quantitative estimate of drug-likeness (QED) is 0.441. The standard InChI is InChI=1S/C21H17F2N7O3S/c22-21(23)32-14-4-3-11(8-15(14)33-21)29-9-16(25-10-29)26-18-12-5-7-34-19(12)28-20(27-18)30-6-1-2-13(30)17(24)31/h3-5,7-10,13H,1-2,6H2,(H2,24,31)(H,26,27,28)/t13-/m0/s1. The summed E-state index contributed by atoms with van der Waals surface area (Å²) in [5.74, 6) is 0.953. The summed E-state index contributed by atoms with van der Waals surface area (Å²) in [6.07, 6.45) is 1.04. The molecule has 1 amide bonds. The molecule has 5 heterocycles. The Hall–Kier alpha value is -4.00. The fourth-order valence-electron chi connectivity index (χ4n) is 4.12. The van der Waals surface area contributed by atoms with Crippen molar-refractivity contribution in [2.45, 2.75) is 25.2 Å². The van der Waals surface area contributed by atoms with E-state index in [0.29, 0.717) is 36.2 Å². The van der Waals surface area contributed by atoms with Crippen LogP contribution in [0.2, 0.25) is 0 Å². The number of hydrogen-bond donors (Lipinski definition) is 2. The van der Waals surface area contributed by atoms with Gasteiger partial charge in [-0.3, -0.25) is 4.79 Å². The average molecular weight is 485 g/mol. The number of nitrogens with two attached hydrogens (primary N) is 1. The first-order chi connectivity index (χ1) is 16.4. The molecule has 0 aliphatic carbocycles. The molecule has 1 saturated heterocycles. The zero-order chi connectivity index (χ0) is 23.4. The van der Waals surface area contributed by atoms with Crippen LogP contribution in [0.1, 0.15) is 12.8 Å². The second-order valence-electron chi connectivity index (χ2n) is 7.86. The molecule has 174 valence electrons. The van der Waals surface area contributed by atoms with Crippen LogP contribution in [-0.4, -0.2) is 44.3 Å². The van der Waals surface area contributed by atoms with Gasteiger partial charge in [-0.25, -0.2) is 9.97 Å². The van der Waals surface area contributed by atoms with Gasteiger partial charge in [-0.15, -0.1) is 20.1 Å². The average Bonchev–Trinajstić information content (AvgIpc) is 3.57. The molecule has 0 spiro atoms. The van der Waals surface area contributed by atoms with Gasteiger partial charge in [0.15, 0.2) is 11.5 Å². The second kappa shape index (κ2) is 7.52. The van der Waals surface area contributed by atoms with Gasteiger partial charge in [0.05, 0.1) is 17.3 Å². The molecule has 0 saturated carbocycles. The van der Waals surface area contributed by atoms with Gasteiger partial charge >= 0.3 is 6.29 Å². The molecule has 34 heavy (non-hydrogen) atoms. The number of ether oxygens (including phenoxy) is 2. The first-order valence-corrected chi connectivity index (χ1v) is 11.3. The molecule has 1 aromatic carbocycles. The Morgan fingerprint density at radius 3 is 2.94 bits per heavy atom. The van der Waals surface area contributed by atoms with Crippen molar-refractivity contribution in [1.29, 1.82) is 0 Å². The third-order valence-electron chi connectivity index (χ3n) is 5.66. The SMILES string of the molecule is NC(=O)[C@@H]1CCCN1c1nc(Nc2cn(-c3ccc4c(c3)OC(F)(F)O4)cn2)c2ccsc2n1. The van der Waals surface area contributed by atoms with Crippen molar-refractivity contribution in [2.24, 2.45) is 5.73 Å². The highest BCUT2D eigenvalue weighted by Crippen LogP contribution is 2.42. The maximum Gasteiger partial charge on any atom is 0.586 e. The summed E-state index contributed by atoms with van der Waals surface area (Å²) in [5, 5.41) is 5.92. The number of carbonyl (C=O) groups is 1. The van der Waals surface area contributed by atoms with Crippen LogP contribution in [0.5, 0.6) is 11.5 Å². The lowest BCUT2D eigenvalue weighted by molar-refractivity contribution is -0.286. The number of alkyl halides is 2. The summed E-state index contributed by atoms with van der Waals surface area (Å²) >= 11 is 1.46. The van der Waals surface area contributed by atoms with Crippen LogP contribution in [0, 0.1) is 0 Å². The number of thiophene rings is 1. The molecule has 0 unspecified atom stereocenters. The predicted molar refractivity (Wildman–Crippen MR) is 120 cm³/mol. The monoisotopic (exact) mass is 485 g/mol. The highest BCUT2D eigenvalue weighted by atomic mass is 32.1. The smallest absolute Gasteiger partial charge is 0.395 e. The number of imidazole rings is 1. The highest BCUT2D eigenvalue weighted by molar-refractivity contribution is 7.16. The number of rotatable bonds is 5. The summed E-state index contributed by atoms with van der Waals surface area (Å²) < 4.78 is 37.3. The number of aromatic nitrogens is 4. The van der Waals surface area contributed by atoms with Crippen molar-refractivity contribution in [3.05, 3.63) is 42.2 Å². The molecule has 6 rings (SSSR count). The van der Waals surface area contributed by atoms with Crippen molar-refractivity contribution in [3.63, 3.8) is 0 Å². The van der Waals surface area contributed by atoms with E-state index in [1.54, 1.807) is 16.8 Å². The van der Waals surface area contributed by atoms with Crippen LogP contribution in [0.25, 0.3) is 15.9 Å². The van der Waals surface area contributed by atoms with Gasteiger partial charge in [-0.1, -0.05) is 0 Å². The van der Waals surface area contributed by atoms with E-state index < -0.39 is 18.2 Å². The van der Waals surface area contributed by atoms with Crippen LogP contribution < -0.4 is 25.4 Å². The lowest BCUT2D eigenvalue weighted by Gasteiger charge is -2.22. The third-order valence-corrected chi connectivity index (χ3v) is 6.47. The van der Waals surface area contributed by atoms with Crippen molar-refractivity contribution in [1.82, 2.24) is 19.5 Å². The van der Waals surface area contributed by atoms with Gasteiger partial charge < -0.3 is 30.0 Å². The Labute approximate surface area is 194 Å². The molecule has 13 heteroatoms. The number of nitrogens with one attached hydrogen (secondary N) is 1. The summed E-state index contributed by atoms with van der Waals surface area (Å²) in [6.45, 7) is 0.641. The molecule has 3 aromatic heterocycles. The van der Waals surface area contributed by atoms with E-state index in [4.69, 9.17) is 5.73 Å². The number of carbonyl (C=O) groups excluding carboxylic acids is 1. The van der Waals surface area contributed by atoms with E-state index in [1.807, 2.05) is 16.3 Å². The number of hydrogen-bond acceptors (Lipinski definition) is 9.